The molecule has 2 N–H and O–H groups in total. The first-order chi connectivity index (χ1) is 8.15. The predicted octanol–water partition coefficient (Wildman–Crippen LogP) is 2.31. The molecule has 2 aromatic rings. The fourth-order valence-corrected chi connectivity index (χ4v) is 2.72. The molecule has 1 atom stereocenters. The van der Waals surface area contributed by atoms with Gasteiger partial charge in [-0.1, -0.05) is 0 Å². The number of phenolic OH excluding ortho intramolecular Hbond substituents is 1. The number of hydrogen-bond donors (Lipinski definition) is 2. The molecule has 0 fully saturated rings. The van der Waals surface area contributed by atoms with Crippen LogP contribution in [0.4, 0.5) is 0 Å². The molecule has 0 amide bonds. The Morgan fingerprint density at radius 1 is 1.41 bits per heavy atom. The maximum atomic E-state index is 10.8. The van der Waals surface area contributed by atoms with E-state index in [-0.39, 0.29) is 18.1 Å². The SMILES string of the molecule is O=C(O)CC1CCn2c1cc1cc(O)ccc12. The third-order valence-electron chi connectivity index (χ3n) is 3.46. The Balaban J connectivity index is 2.09. The van der Waals surface area contributed by atoms with Gasteiger partial charge in [0.05, 0.1) is 6.42 Å². The van der Waals surface area contributed by atoms with Gasteiger partial charge in [-0.2, -0.15) is 0 Å². The van der Waals surface area contributed by atoms with Crippen molar-refractivity contribution in [2.45, 2.75) is 25.3 Å². The van der Waals surface area contributed by atoms with Crippen LogP contribution in [0, 0.1) is 0 Å². The van der Waals surface area contributed by atoms with E-state index in [0.29, 0.717) is 0 Å². The number of rotatable bonds is 2. The predicted molar refractivity (Wildman–Crippen MR) is 63.2 cm³/mol. The van der Waals surface area contributed by atoms with Crippen LogP contribution in [-0.4, -0.2) is 20.7 Å². The number of phenols is 1. The summed E-state index contributed by atoms with van der Waals surface area (Å²) in [4.78, 5) is 10.8. The van der Waals surface area contributed by atoms with E-state index >= 15 is 0 Å². The summed E-state index contributed by atoms with van der Waals surface area (Å²) in [5, 5.41) is 19.3. The zero-order chi connectivity index (χ0) is 12.0. The molecule has 0 saturated carbocycles. The largest absolute Gasteiger partial charge is 0.508 e. The number of carboxylic acids is 1. The second-order valence-corrected chi connectivity index (χ2v) is 4.55. The van der Waals surface area contributed by atoms with Crippen LogP contribution in [-0.2, 0) is 11.3 Å². The summed E-state index contributed by atoms with van der Waals surface area (Å²) in [6.07, 6.45) is 1.07. The number of aromatic hydroxyl groups is 1. The van der Waals surface area contributed by atoms with Crippen LogP contribution in [0.1, 0.15) is 24.5 Å². The van der Waals surface area contributed by atoms with Gasteiger partial charge in [0.2, 0.25) is 0 Å². The first-order valence-electron chi connectivity index (χ1n) is 5.69. The van der Waals surface area contributed by atoms with Crippen molar-refractivity contribution in [3.63, 3.8) is 0 Å². The van der Waals surface area contributed by atoms with Crippen molar-refractivity contribution in [2.24, 2.45) is 0 Å². The van der Waals surface area contributed by atoms with Crippen molar-refractivity contribution >= 4 is 16.9 Å². The molecule has 4 nitrogen and oxygen atoms in total. The first kappa shape index (κ1) is 10.2. The second kappa shape index (κ2) is 3.52. The van der Waals surface area contributed by atoms with Gasteiger partial charge >= 0.3 is 5.97 Å². The molecule has 0 bridgehead atoms. The summed E-state index contributed by atoms with van der Waals surface area (Å²) < 4.78 is 2.16. The number of aliphatic carboxylic acids is 1. The lowest BCUT2D eigenvalue weighted by Crippen LogP contribution is -2.02. The van der Waals surface area contributed by atoms with E-state index in [2.05, 4.69) is 4.57 Å². The van der Waals surface area contributed by atoms with E-state index < -0.39 is 5.97 Å². The number of aromatic nitrogens is 1. The molecule has 1 aliphatic heterocycles. The normalized spacial score (nSPS) is 18.5. The Morgan fingerprint density at radius 2 is 2.24 bits per heavy atom. The smallest absolute Gasteiger partial charge is 0.304 e. The molecule has 1 aromatic heterocycles. The van der Waals surface area contributed by atoms with Crippen LogP contribution in [0.25, 0.3) is 10.9 Å². The van der Waals surface area contributed by atoms with Crippen molar-refractivity contribution in [1.82, 2.24) is 4.57 Å². The molecule has 1 unspecified atom stereocenters. The highest BCUT2D eigenvalue weighted by molar-refractivity contribution is 5.83. The number of benzene rings is 1. The summed E-state index contributed by atoms with van der Waals surface area (Å²) in [6, 6.07) is 7.27. The van der Waals surface area contributed by atoms with Crippen molar-refractivity contribution < 1.29 is 15.0 Å². The molecule has 0 radical (unpaired) electrons. The monoisotopic (exact) mass is 231 g/mol. The Morgan fingerprint density at radius 3 is 3.00 bits per heavy atom. The van der Waals surface area contributed by atoms with Gasteiger partial charge in [0.1, 0.15) is 5.75 Å². The molecule has 2 heterocycles. The van der Waals surface area contributed by atoms with E-state index in [1.807, 2.05) is 12.1 Å². The molecule has 1 aliphatic rings. The number of hydrogen-bond acceptors (Lipinski definition) is 2. The average molecular weight is 231 g/mol. The number of carbonyl (C=O) groups is 1. The third-order valence-corrected chi connectivity index (χ3v) is 3.46. The molecular weight excluding hydrogens is 218 g/mol. The van der Waals surface area contributed by atoms with Crippen LogP contribution in [0.3, 0.4) is 0 Å². The van der Waals surface area contributed by atoms with Crippen LogP contribution < -0.4 is 0 Å². The highest BCUT2D eigenvalue weighted by Crippen LogP contribution is 2.36. The van der Waals surface area contributed by atoms with Crippen molar-refractivity contribution in [2.75, 3.05) is 0 Å². The molecule has 3 rings (SSSR count). The highest BCUT2D eigenvalue weighted by atomic mass is 16.4. The van der Waals surface area contributed by atoms with E-state index in [1.165, 1.54) is 0 Å². The quantitative estimate of drug-likeness (QED) is 0.833. The molecule has 17 heavy (non-hydrogen) atoms. The van der Waals surface area contributed by atoms with Crippen LogP contribution in [0.5, 0.6) is 5.75 Å². The van der Waals surface area contributed by atoms with Gasteiger partial charge in [0.15, 0.2) is 0 Å². The lowest BCUT2D eigenvalue weighted by atomic mass is 10.0. The number of nitrogens with zero attached hydrogens (tertiary/aromatic N) is 1. The summed E-state index contributed by atoms with van der Waals surface area (Å²) in [6.45, 7) is 0.863. The Kier molecular flexibility index (Phi) is 2.11. The standard InChI is InChI=1S/C13H13NO3/c15-10-1-2-11-9(5-10)6-12-8(7-13(16)17)3-4-14(11)12/h1-2,5-6,8,15H,3-4,7H2,(H,16,17). The van der Waals surface area contributed by atoms with Crippen LogP contribution in [0.2, 0.25) is 0 Å². The molecule has 4 heteroatoms. The second-order valence-electron chi connectivity index (χ2n) is 4.55. The van der Waals surface area contributed by atoms with Gasteiger partial charge in [0, 0.05) is 29.1 Å². The van der Waals surface area contributed by atoms with Crippen LogP contribution in [0.15, 0.2) is 24.3 Å². The number of aryl methyl sites for hydroxylation is 1. The summed E-state index contributed by atoms with van der Waals surface area (Å²) in [5.41, 5.74) is 2.15. The topological polar surface area (TPSA) is 62.5 Å². The molecule has 88 valence electrons. The van der Waals surface area contributed by atoms with Crippen LogP contribution >= 0.6 is 0 Å². The van der Waals surface area contributed by atoms with Gasteiger partial charge < -0.3 is 14.8 Å². The Labute approximate surface area is 98.1 Å². The van der Waals surface area contributed by atoms with E-state index in [9.17, 15) is 9.90 Å². The summed E-state index contributed by atoms with van der Waals surface area (Å²) in [7, 11) is 0. The van der Waals surface area contributed by atoms with Gasteiger partial charge in [-0.25, -0.2) is 0 Å². The van der Waals surface area contributed by atoms with Crippen molar-refractivity contribution in [1.29, 1.82) is 0 Å². The average Bonchev–Trinajstić information content (AvgIpc) is 2.77. The minimum absolute atomic E-state index is 0.0991. The fourth-order valence-electron chi connectivity index (χ4n) is 2.72. The van der Waals surface area contributed by atoms with E-state index in [4.69, 9.17) is 5.11 Å². The van der Waals surface area contributed by atoms with Gasteiger partial charge in [0.25, 0.3) is 0 Å². The maximum absolute atomic E-state index is 10.8. The summed E-state index contributed by atoms with van der Waals surface area (Å²) >= 11 is 0. The van der Waals surface area contributed by atoms with E-state index in [0.717, 1.165) is 29.6 Å². The molecular formula is C13H13NO3. The van der Waals surface area contributed by atoms with E-state index in [1.54, 1.807) is 12.1 Å². The highest BCUT2D eigenvalue weighted by Gasteiger charge is 2.26. The molecule has 1 aromatic carbocycles. The molecule has 0 aliphatic carbocycles. The molecule has 0 spiro atoms. The maximum Gasteiger partial charge on any atom is 0.304 e. The minimum atomic E-state index is -0.753. The first-order valence-corrected chi connectivity index (χ1v) is 5.69. The van der Waals surface area contributed by atoms with Gasteiger partial charge in [-0.15, -0.1) is 0 Å². The summed E-state index contributed by atoms with van der Waals surface area (Å²) in [5.74, 6) is -0.407. The number of carboxylic acid groups (broad SMARTS) is 1. The lowest BCUT2D eigenvalue weighted by Gasteiger charge is -2.04. The van der Waals surface area contributed by atoms with Gasteiger partial charge in [-0.05, 0) is 30.7 Å². The lowest BCUT2D eigenvalue weighted by molar-refractivity contribution is -0.137. The Bertz CT molecular complexity index is 600. The number of fused-ring (bicyclic) bond motifs is 3. The Hall–Kier alpha value is -1.97. The zero-order valence-electron chi connectivity index (χ0n) is 9.26. The van der Waals surface area contributed by atoms with Crippen molar-refractivity contribution in [3.8, 4) is 5.75 Å². The molecule has 0 saturated heterocycles. The third kappa shape index (κ3) is 1.56. The zero-order valence-corrected chi connectivity index (χ0v) is 9.26. The van der Waals surface area contributed by atoms with Gasteiger partial charge in [-0.3, -0.25) is 4.79 Å². The van der Waals surface area contributed by atoms with Crippen molar-refractivity contribution in [3.05, 3.63) is 30.0 Å². The fraction of sp³-hybridized carbons (Fsp3) is 0.308. The minimum Gasteiger partial charge on any atom is -0.508 e.